The van der Waals surface area contributed by atoms with Crippen molar-refractivity contribution in [3.8, 4) is 5.75 Å². The summed E-state index contributed by atoms with van der Waals surface area (Å²) in [4.78, 5) is 23.9. The summed E-state index contributed by atoms with van der Waals surface area (Å²) in [7, 11) is 0. The van der Waals surface area contributed by atoms with Gasteiger partial charge in [0, 0.05) is 4.90 Å². The van der Waals surface area contributed by atoms with Crippen molar-refractivity contribution in [3.63, 3.8) is 0 Å². The molecular formula is C19H21FN2O3S. The smallest absolute Gasteiger partial charge is 0.276 e. The molecule has 0 spiro atoms. The van der Waals surface area contributed by atoms with Gasteiger partial charge in [0.1, 0.15) is 11.6 Å². The maximum absolute atomic E-state index is 13.5. The third-order valence-electron chi connectivity index (χ3n) is 3.49. The van der Waals surface area contributed by atoms with Crippen molar-refractivity contribution in [2.75, 3.05) is 12.4 Å². The Hall–Kier alpha value is -2.54. The molecule has 0 aliphatic carbocycles. The minimum Gasteiger partial charge on any atom is -0.483 e. The Morgan fingerprint density at radius 1 is 1.04 bits per heavy atom. The number of benzene rings is 2. The third-order valence-corrected chi connectivity index (χ3v) is 4.54. The number of carbonyl (C=O) groups excluding carboxylic acids is 2. The predicted octanol–water partition coefficient (Wildman–Crippen LogP) is 3.07. The first-order chi connectivity index (χ1) is 12.4. The highest BCUT2D eigenvalue weighted by Crippen LogP contribution is 2.24. The predicted molar refractivity (Wildman–Crippen MR) is 99.6 cm³/mol. The normalized spacial score (nSPS) is 10.3. The van der Waals surface area contributed by atoms with Crippen LogP contribution in [0.1, 0.15) is 16.7 Å². The summed E-state index contributed by atoms with van der Waals surface area (Å²) < 4.78 is 19.0. The van der Waals surface area contributed by atoms with Crippen molar-refractivity contribution in [1.29, 1.82) is 0 Å². The summed E-state index contributed by atoms with van der Waals surface area (Å²) in [6.07, 6.45) is 0. The van der Waals surface area contributed by atoms with E-state index in [-0.39, 0.29) is 18.2 Å². The number of hydrogen-bond donors (Lipinski definition) is 2. The summed E-state index contributed by atoms with van der Waals surface area (Å²) in [5.41, 5.74) is 7.58. The van der Waals surface area contributed by atoms with Crippen LogP contribution in [0.25, 0.3) is 0 Å². The summed E-state index contributed by atoms with van der Waals surface area (Å²) in [5, 5.41) is 0. The van der Waals surface area contributed by atoms with Crippen LogP contribution in [-0.2, 0) is 9.59 Å². The van der Waals surface area contributed by atoms with Crippen molar-refractivity contribution in [1.82, 2.24) is 10.9 Å². The van der Waals surface area contributed by atoms with Crippen LogP contribution in [0.2, 0.25) is 0 Å². The number of halogens is 1. The first-order valence-electron chi connectivity index (χ1n) is 8.02. The molecule has 2 rings (SSSR count). The number of hydrazine groups is 1. The molecule has 2 amide bonds. The Morgan fingerprint density at radius 3 is 2.31 bits per heavy atom. The zero-order chi connectivity index (χ0) is 19.1. The van der Waals surface area contributed by atoms with Crippen molar-refractivity contribution < 1.29 is 18.7 Å². The molecule has 0 heterocycles. The molecule has 2 aromatic carbocycles. The molecule has 0 saturated carbocycles. The van der Waals surface area contributed by atoms with Gasteiger partial charge in [-0.1, -0.05) is 29.8 Å². The maximum Gasteiger partial charge on any atom is 0.276 e. The lowest BCUT2D eigenvalue weighted by molar-refractivity contribution is -0.128. The SMILES string of the molecule is Cc1cc(C)c(OCC(=O)NNC(=O)CSc2ccccc2F)c(C)c1. The lowest BCUT2D eigenvalue weighted by Gasteiger charge is -2.13. The van der Waals surface area contributed by atoms with Crippen molar-refractivity contribution >= 4 is 23.6 Å². The molecule has 0 bridgehead atoms. The number of thioether (sulfide) groups is 1. The molecule has 5 nitrogen and oxygen atoms in total. The van der Waals surface area contributed by atoms with E-state index in [1.165, 1.54) is 6.07 Å². The Morgan fingerprint density at radius 2 is 1.65 bits per heavy atom. The van der Waals surface area contributed by atoms with E-state index in [2.05, 4.69) is 10.9 Å². The summed E-state index contributed by atoms with van der Waals surface area (Å²) in [5.74, 6) is -0.653. The minimum atomic E-state index is -0.478. The highest BCUT2D eigenvalue weighted by molar-refractivity contribution is 8.00. The number of aryl methyl sites for hydroxylation is 3. The van der Waals surface area contributed by atoms with Gasteiger partial charge in [-0.3, -0.25) is 20.4 Å². The Bertz CT molecular complexity index is 788. The van der Waals surface area contributed by atoms with Gasteiger partial charge in [-0.15, -0.1) is 11.8 Å². The van der Waals surface area contributed by atoms with Crippen LogP contribution in [0.5, 0.6) is 5.75 Å². The van der Waals surface area contributed by atoms with Gasteiger partial charge in [-0.2, -0.15) is 0 Å². The molecule has 0 aliphatic heterocycles. The number of amides is 2. The average molecular weight is 376 g/mol. The second-order valence-corrected chi connectivity index (χ2v) is 6.85. The monoisotopic (exact) mass is 376 g/mol. The van der Waals surface area contributed by atoms with Crippen LogP contribution in [0.4, 0.5) is 4.39 Å². The number of rotatable bonds is 6. The van der Waals surface area contributed by atoms with Crippen molar-refractivity contribution in [3.05, 3.63) is 58.9 Å². The van der Waals surface area contributed by atoms with Gasteiger partial charge in [0.05, 0.1) is 5.75 Å². The van der Waals surface area contributed by atoms with Gasteiger partial charge in [0.2, 0.25) is 5.91 Å². The topological polar surface area (TPSA) is 67.4 Å². The first kappa shape index (κ1) is 19.8. The Labute approximate surface area is 156 Å². The van der Waals surface area contributed by atoms with Crippen LogP contribution in [0.3, 0.4) is 0 Å². The molecule has 0 fully saturated rings. The van der Waals surface area contributed by atoms with Gasteiger partial charge in [0.15, 0.2) is 6.61 Å². The van der Waals surface area contributed by atoms with Gasteiger partial charge < -0.3 is 4.74 Å². The van der Waals surface area contributed by atoms with Crippen LogP contribution < -0.4 is 15.6 Å². The van der Waals surface area contributed by atoms with E-state index >= 15 is 0 Å². The fourth-order valence-electron chi connectivity index (χ4n) is 2.45. The van der Waals surface area contributed by atoms with Crippen molar-refractivity contribution in [2.24, 2.45) is 0 Å². The Balaban J connectivity index is 1.75. The lowest BCUT2D eigenvalue weighted by Crippen LogP contribution is -2.44. The molecule has 0 aromatic heterocycles. The standard InChI is InChI=1S/C19H21FN2O3S/c1-12-8-13(2)19(14(3)9-12)25-10-17(23)21-22-18(24)11-26-16-7-5-4-6-15(16)20/h4-9H,10-11H2,1-3H3,(H,21,23)(H,22,24). The fourth-order valence-corrected chi connectivity index (χ4v) is 3.19. The van der Waals surface area contributed by atoms with Crippen LogP contribution in [-0.4, -0.2) is 24.2 Å². The van der Waals surface area contributed by atoms with E-state index in [1.807, 2.05) is 32.9 Å². The zero-order valence-electron chi connectivity index (χ0n) is 14.9. The second kappa shape index (κ2) is 9.24. The molecule has 0 unspecified atom stereocenters. The molecule has 2 N–H and O–H groups in total. The van der Waals surface area contributed by atoms with E-state index < -0.39 is 11.8 Å². The molecule has 138 valence electrons. The zero-order valence-corrected chi connectivity index (χ0v) is 15.7. The van der Waals surface area contributed by atoms with E-state index in [4.69, 9.17) is 4.74 Å². The minimum absolute atomic E-state index is 0.0156. The van der Waals surface area contributed by atoms with E-state index in [0.29, 0.717) is 10.6 Å². The quantitative estimate of drug-likeness (QED) is 0.601. The summed E-state index contributed by atoms with van der Waals surface area (Å²) in [6, 6.07) is 10.1. The highest BCUT2D eigenvalue weighted by atomic mass is 32.2. The Kier molecular flexibility index (Phi) is 7.03. The van der Waals surface area contributed by atoms with E-state index in [0.717, 1.165) is 28.5 Å². The number of ether oxygens (including phenoxy) is 1. The molecule has 26 heavy (non-hydrogen) atoms. The molecular weight excluding hydrogens is 355 g/mol. The largest absolute Gasteiger partial charge is 0.483 e. The first-order valence-corrected chi connectivity index (χ1v) is 9.01. The number of carbonyl (C=O) groups is 2. The van der Waals surface area contributed by atoms with Crippen molar-refractivity contribution in [2.45, 2.75) is 25.7 Å². The average Bonchev–Trinajstić information content (AvgIpc) is 2.58. The molecule has 0 radical (unpaired) electrons. The highest BCUT2D eigenvalue weighted by Gasteiger charge is 2.10. The lowest BCUT2D eigenvalue weighted by atomic mass is 10.1. The second-order valence-electron chi connectivity index (χ2n) is 5.83. The molecule has 0 aliphatic rings. The number of hydrogen-bond acceptors (Lipinski definition) is 4. The molecule has 0 saturated heterocycles. The molecule has 0 atom stereocenters. The summed E-state index contributed by atoms with van der Waals surface area (Å²) >= 11 is 1.05. The van der Waals surface area contributed by atoms with E-state index in [1.54, 1.807) is 18.2 Å². The van der Waals surface area contributed by atoms with Gasteiger partial charge in [-0.05, 0) is 44.0 Å². The summed E-state index contributed by atoms with van der Waals surface area (Å²) in [6.45, 7) is 5.60. The van der Waals surface area contributed by atoms with Crippen LogP contribution >= 0.6 is 11.8 Å². The maximum atomic E-state index is 13.5. The fraction of sp³-hybridized carbons (Fsp3) is 0.263. The van der Waals surface area contributed by atoms with E-state index in [9.17, 15) is 14.0 Å². The third kappa shape index (κ3) is 5.77. The molecule has 7 heteroatoms. The van der Waals surface area contributed by atoms with Crippen LogP contribution in [0, 0.1) is 26.6 Å². The van der Waals surface area contributed by atoms with Gasteiger partial charge in [0.25, 0.3) is 5.91 Å². The van der Waals surface area contributed by atoms with Gasteiger partial charge in [-0.25, -0.2) is 4.39 Å². The molecule has 2 aromatic rings. The van der Waals surface area contributed by atoms with Gasteiger partial charge >= 0.3 is 0 Å². The van der Waals surface area contributed by atoms with Crippen LogP contribution in [0.15, 0.2) is 41.3 Å². The number of nitrogens with one attached hydrogen (secondary N) is 2.